The summed E-state index contributed by atoms with van der Waals surface area (Å²) in [4.78, 5) is 21.5. The van der Waals surface area contributed by atoms with E-state index in [4.69, 9.17) is 0 Å². The first-order valence-electron chi connectivity index (χ1n) is 11.9. The van der Waals surface area contributed by atoms with Gasteiger partial charge in [0.05, 0.1) is 11.3 Å². The number of nitrogens with zero attached hydrogens (tertiary/aromatic N) is 2. The number of hydrogen-bond donors (Lipinski definition) is 1. The van der Waals surface area contributed by atoms with Crippen molar-refractivity contribution in [3.8, 4) is 0 Å². The van der Waals surface area contributed by atoms with Crippen LogP contribution in [0.1, 0.15) is 77.3 Å². The molecule has 4 nitrogen and oxygen atoms in total. The second-order valence-corrected chi connectivity index (χ2v) is 11.2. The van der Waals surface area contributed by atoms with Crippen molar-refractivity contribution in [2.24, 2.45) is 40.9 Å². The second-order valence-electron chi connectivity index (χ2n) is 11.2. The third-order valence-corrected chi connectivity index (χ3v) is 9.62. The van der Waals surface area contributed by atoms with Crippen molar-refractivity contribution in [3.05, 3.63) is 24.3 Å². The van der Waals surface area contributed by atoms with Gasteiger partial charge in [-0.3, -0.25) is 4.79 Å². The fraction of sp³-hybridized carbons (Fsp3) is 0.800. The average Bonchev–Trinajstić information content (AvgIpc) is 3.05. The normalized spacial score (nSPS) is 46.4. The smallest absolute Gasteiger partial charge is 0.142 e. The lowest BCUT2D eigenvalue weighted by molar-refractivity contribution is -0.131. The van der Waals surface area contributed by atoms with Crippen LogP contribution in [0, 0.1) is 40.9 Å². The fourth-order valence-electron chi connectivity index (χ4n) is 8.33. The highest BCUT2D eigenvalue weighted by Gasteiger charge is 2.58. The van der Waals surface area contributed by atoms with Crippen LogP contribution in [-0.4, -0.2) is 26.5 Å². The van der Waals surface area contributed by atoms with Gasteiger partial charge in [0.2, 0.25) is 0 Å². The van der Waals surface area contributed by atoms with E-state index < -0.39 is 5.60 Å². The van der Waals surface area contributed by atoms with E-state index in [0.29, 0.717) is 18.1 Å². The maximum absolute atomic E-state index is 13.2. The van der Waals surface area contributed by atoms with E-state index in [0.717, 1.165) is 48.6 Å². The summed E-state index contributed by atoms with van der Waals surface area (Å²) in [6.07, 6.45) is 14.3. The van der Waals surface area contributed by atoms with E-state index in [1.54, 1.807) is 12.5 Å². The third kappa shape index (κ3) is 3.36. The van der Waals surface area contributed by atoms with Crippen LogP contribution in [0.3, 0.4) is 0 Å². The number of ketones is 1. The Balaban J connectivity index is 1.31. The molecule has 4 aliphatic carbocycles. The molecule has 8 atom stereocenters. The van der Waals surface area contributed by atoms with Crippen LogP contribution in [0.25, 0.3) is 0 Å². The van der Waals surface area contributed by atoms with E-state index in [9.17, 15) is 9.90 Å². The van der Waals surface area contributed by atoms with Crippen molar-refractivity contribution in [2.75, 3.05) is 0 Å². The molecule has 0 unspecified atom stereocenters. The van der Waals surface area contributed by atoms with E-state index in [1.807, 2.05) is 13.0 Å². The average molecular weight is 397 g/mol. The van der Waals surface area contributed by atoms with Gasteiger partial charge in [-0.05, 0) is 106 Å². The van der Waals surface area contributed by atoms with Crippen LogP contribution in [0.4, 0.5) is 0 Å². The minimum absolute atomic E-state index is 0.179. The summed E-state index contributed by atoms with van der Waals surface area (Å²) >= 11 is 0. The number of aliphatic hydroxyl groups is 1. The summed E-state index contributed by atoms with van der Waals surface area (Å²) in [5.74, 6) is 4.48. The van der Waals surface area contributed by atoms with Crippen LogP contribution in [-0.2, 0) is 11.2 Å². The molecular formula is C25H36N2O2. The first-order valence-corrected chi connectivity index (χ1v) is 11.9. The molecule has 4 saturated carbocycles. The first-order chi connectivity index (χ1) is 13.9. The molecular weight excluding hydrogens is 360 g/mol. The predicted molar refractivity (Wildman–Crippen MR) is 112 cm³/mol. The molecule has 0 aromatic carbocycles. The highest BCUT2D eigenvalue weighted by molar-refractivity contribution is 5.84. The van der Waals surface area contributed by atoms with Crippen molar-refractivity contribution in [2.45, 2.75) is 83.7 Å². The lowest BCUT2D eigenvalue weighted by Gasteiger charge is -2.56. The van der Waals surface area contributed by atoms with Crippen molar-refractivity contribution < 1.29 is 9.90 Å². The Morgan fingerprint density at radius 2 is 1.90 bits per heavy atom. The Labute approximate surface area is 174 Å². The largest absolute Gasteiger partial charge is 0.390 e. The first kappa shape index (κ1) is 19.7. The van der Waals surface area contributed by atoms with Gasteiger partial charge in [-0.1, -0.05) is 6.92 Å². The fourth-order valence-corrected chi connectivity index (χ4v) is 8.33. The Hall–Kier alpha value is -1.29. The number of fused-ring (bicyclic) bond motifs is 5. The lowest BCUT2D eigenvalue weighted by Crippen LogP contribution is -2.51. The quantitative estimate of drug-likeness (QED) is 0.810. The van der Waals surface area contributed by atoms with Crippen LogP contribution >= 0.6 is 0 Å². The molecule has 4 fully saturated rings. The Morgan fingerprint density at radius 3 is 2.69 bits per heavy atom. The molecule has 0 radical (unpaired) electrons. The summed E-state index contributed by atoms with van der Waals surface area (Å²) in [6.45, 7) is 4.47. The van der Waals surface area contributed by atoms with Crippen molar-refractivity contribution in [1.82, 2.24) is 9.97 Å². The van der Waals surface area contributed by atoms with Gasteiger partial charge >= 0.3 is 0 Å². The summed E-state index contributed by atoms with van der Waals surface area (Å²) in [5.41, 5.74) is 0.599. The lowest BCUT2D eigenvalue weighted by atomic mass is 9.49. The van der Waals surface area contributed by atoms with E-state index in [1.165, 1.54) is 38.5 Å². The van der Waals surface area contributed by atoms with Gasteiger partial charge in [-0.2, -0.15) is 0 Å². The molecule has 158 valence electrons. The number of carbonyl (C=O) groups is 1. The van der Waals surface area contributed by atoms with Gasteiger partial charge in [0.25, 0.3) is 0 Å². The summed E-state index contributed by atoms with van der Waals surface area (Å²) in [6, 6.07) is 1.88. The van der Waals surface area contributed by atoms with Crippen LogP contribution in [0.5, 0.6) is 0 Å². The summed E-state index contributed by atoms with van der Waals surface area (Å²) in [5, 5.41) is 10.6. The highest BCUT2D eigenvalue weighted by atomic mass is 16.3. The van der Waals surface area contributed by atoms with E-state index >= 15 is 0 Å². The number of carbonyl (C=O) groups excluding carboxylic acids is 1. The maximum atomic E-state index is 13.2. The van der Waals surface area contributed by atoms with Gasteiger partial charge in [0.1, 0.15) is 12.1 Å². The Kier molecular flexibility index (Phi) is 4.84. The Bertz CT molecular complexity index is 763. The molecule has 0 saturated heterocycles. The SMILES string of the molecule is C[C@@]1(O)CC[C@H]2[C@H](CC[C@@H]3[C@@H]2CC[C@]2(C)[C@@H](C(=O)Cc4ccncn4)CC[C@@H]32)C1. The number of hydrogen-bond acceptors (Lipinski definition) is 4. The molecule has 0 amide bonds. The predicted octanol–water partition coefficient (Wildman–Crippen LogP) is 4.61. The van der Waals surface area contributed by atoms with Crippen LogP contribution in [0.15, 0.2) is 18.6 Å². The zero-order chi connectivity index (χ0) is 20.2. The van der Waals surface area contributed by atoms with Gasteiger partial charge in [0, 0.05) is 18.5 Å². The molecule has 4 heteroatoms. The summed E-state index contributed by atoms with van der Waals surface area (Å²) < 4.78 is 0. The van der Waals surface area contributed by atoms with Gasteiger partial charge < -0.3 is 5.11 Å². The van der Waals surface area contributed by atoms with Crippen LogP contribution in [0.2, 0.25) is 0 Å². The minimum Gasteiger partial charge on any atom is -0.390 e. The molecule has 4 aliphatic rings. The molecule has 1 heterocycles. The second kappa shape index (κ2) is 7.14. The van der Waals surface area contributed by atoms with Crippen molar-refractivity contribution in [1.29, 1.82) is 0 Å². The van der Waals surface area contributed by atoms with Crippen LogP contribution < -0.4 is 0 Å². The number of rotatable bonds is 3. The third-order valence-electron chi connectivity index (χ3n) is 9.62. The highest BCUT2D eigenvalue weighted by Crippen LogP contribution is 2.64. The molecule has 5 rings (SSSR count). The van der Waals surface area contributed by atoms with E-state index in [-0.39, 0.29) is 11.3 Å². The minimum atomic E-state index is -0.441. The molecule has 0 bridgehead atoms. The van der Waals surface area contributed by atoms with E-state index in [2.05, 4.69) is 16.9 Å². The Morgan fingerprint density at radius 1 is 1.07 bits per heavy atom. The molecule has 0 spiro atoms. The van der Waals surface area contributed by atoms with Gasteiger partial charge in [0.15, 0.2) is 0 Å². The monoisotopic (exact) mass is 396 g/mol. The molecule has 1 aromatic heterocycles. The van der Waals surface area contributed by atoms with Crippen molar-refractivity contribution in [3.63, 3.8) is 0 Å². The zero-order valence-electron chi connectivity index (χ0n) is 18.0. The standard InChI is InChI=1S/C25H36N2O2/c1-24(29)10-7-18-16(14-24)3-4-20-19(18)8-11-25(2)21(20)5-6-22(25)23(28)13-17-9-12-26-15-27-17/h9,12,15-16,18-22,29H,3-8,10-11,13-14H2,1-2H3/t16-,18+,19-,20-,21+,22-,24-,25+/m1/s1. The van der Waals surface area contributed by atoms with Gasteiger partial charge in [-0.15, -0.1) is 0 Å². The molecule has 1 aromatic rings. The zero-order valence-corrected chi connectivity index (χ0v) is 18.0. The maximum Gasteiger partial charge on any atom is 0.142 e. The molecule has 29 heavy (non-hydrogen) atoms. The topological polar surface area (TPSA) is 63.1 Å². The van der Waals surface area contributed by atoms with Crippen molar-refractivity contribution >= 4 is 5.78 Å². The number of aromatic nitrogens is 2. The molecule has 0 aliphatic heterocycles. The number of Topliss-reactive ketones (excluding diaryl/α,β-unsaturated/α-hetero) is 1. The molecule has 1 N–H and O–H groups in total. The van der Waals surface area contributed by atoms with Gasteiger partial charge in [-0.25, -0.2) is 9.97 Å². The summed E-state index contributed by atoms with van der Waals surface area (Å²) in [7, 11) is 0.